The number of carbonyl (C=O) groups excluding carboxylic acids is 1. The van der Waals surface area contributed by atoms with Gasteiger partial charge in [0.25, 0.3) is 0 Å². The molecular formula is C15H21NO3. The molecule has 0 radical (unpaired) electrons. The van der Waals surface area contributed by atoms with Gasteiger partial charge in [-0.15, -0.1) is 0 Å². The second kappa shape index (κ2) is 5.72. The van der Waals surface area contributed by atoms with E-state index in [1.807, 2.05) is 42.3 Å². The van der Waals surface area contributed by atoms with Crippen molar-refractivity contribution in [2.24, 2.45) is 0 Å². The van der Waals surface area contributed by atoms with Gasteiger partial charge in [0.2, 0.25) is 0 Å². The van der Waals surface area contributed by atoms with E-state index < -0.39 is 11.7 Å². The Bertz CT molecular complexity index is 434. The number of aliphatic hydroxyl groups is 1. The largest absolute Gasteiger partial charge is 0.451 e. The zero-order valence-electron chi connectivity index (χ0n) is 11.5. The minimum atomic E-state index is -0.902. The summed E-state index contributed by atoms with van der Waals surface area (Å²) in [5.41, 5.74) is -0.0293. The van der Waals surface area contributed by atoms with E-state index in [9.17, 15) is 9.90 Å². The average molecular weight is 263 g/mol. The zero-order valence-corrected chi connectivity index (χ0v) is 11.5. The van der Waals surface area contributed by atoms with E-state index in [1.54, 1.807) is 6.92 Å². The third-order valence-corrected chi connectivity index (χ3v) is 3.73. The fourth-order valence-electron chi connectivity index (χ4n) is 2.57. The van der Waals surface area contributed by atoms with Gasteiger partial charge in [0, 0.05) is 25.9 Å². The zero-order chi connectivity index (χ0) is 13.9. The molecule has 0 spiro atoms. The maximum Gasteiger partial charge on any atom is 0.306 e. The van der Waals surface area contributed by atoms with Crippen LogP contribution in [0.3, 0.4) is 0 Å². The van der Waals surface area contributed by atoms with Crippen LogP contribution in [0.5, 0.6) is 0 Å². The highest BCUT2D eigenvalue weighted by Crippen LogP contribution is 2.37. The van der Waals surface area contributed by atoms with Gasteiger partial charge in [0.05, 0.1) is 0 Å². The van der Waals surface area contributed by atoms with E-state index in [1.165, 1.54) is 0 Å². The normalized spacial score (nSPS) is 28.1. The van der Waals surface area contributed by atoms with Crippen LogP contribution >= 0.6 is 0 Å². The van der Waals surface area contributed by atoms with Gasteiger partial charge in [0.15, 0.2) is 5.60 Å². The van der Waals surface area contributed by atoms with E-state index in [0.717, 1.165) is 12.1 Å². The van der Waals surface area contributed by atoms with Crippen molar-refractivity contribution in [2.45, 2.75) is 31.5 Å². The number of rotatable bonds is 3. The van der Waals surface area contributed by atoms with Crippen LogP contribution in [0.4, 0.5) is 0 Å². The van der Waals surface area contributed by atoms with Crippen molar-refractivity contribution in [1.82, 2.24) is 4.90 Å². The molecule has 2 rings (SSSR count). The first-order valence-electron chi connectivity index (χ1n) is 6.72. The molecule has 0 aromatic heterocycles. The molecule has 0 amide bonds. The maximum atomic E-state index is 11.7. The number of aliphatic hydroxyl groups excluding tert-OH is 1. The summed E-state index contributed by atoms with van der Waals surface area (Å²) in [5.74, 6) is -0.271. The maximum absolute atomic E-state index is 11.7. The first-order chi connectivity index (χ1) is 9.08. The number of likely N-dealkylation sites (tertiary alicyclic amines) is 1. The van der Waals surface area contributed by atoms with Crippen molar-refractivity contribution in [3.63, 3.8) is 0 Å². The predicted molar refractivity (Wildman–Crippen MR) is 72.6 cm³/mol. The molecule has 0 bridgehead atoms. The summed E-state index contributed by atoms with van der Waals surface area (Å²) in [5, 5.41) is 10.5. The van der Waals surface area contributed by atoms with Crippen molar-refractivity contribution in [3.05, 3.63) is 35.9 Å². The SMILES string of the molecule is CCC(=O)OC1(c2ccccc2)CCN(C)CC1O. The van der Waals surface area contributed by atoms with Crippen molar-refractivity contribution >= 4 is 5.97 Å². The summed E-state index contributed by atoms with van der Waals surface area (Å²) in [4.78, 5) is 13.8. The molecule has 2 unspecified atom stereocenters. The van der Waals surface area contributed by atoms with Gasteiger partial charge in [-0.2, -0.15) is 0 Å². The monoisotopic (exact) mass is 263 g/mol. The molecule has 1 aliphatic heterocycles. The van der Waals surface area contributed by atoms with Crippen LogP contribution in [-0.4, -0.2) is 42.2 Å². The minimum Gasteiger partial charge on any atom is -0.451 e. The number of β-amino-alcohol motifs (C(OH)–C–C–N with tert-alkyl or cyclic N) is 1. The van der Waals surface area contributed by atoms with E-state index in [0.29, 0.717) is 19.4 Å². The number of hydrogen-bond acceptors (Lipinski definition) is 4. The topological polar surface area (TPSA) is 49.8 Å². The van der Waals surface area contributed by atoms with Crippen LogP contribution in [0.2, 0.25) is 0 Å². The lowest BCUT2D eigenvalue weighted by atomic mass is 9.82. The van der Waals surface area contributed by atoms with Crippen LogP contribution < -0.4 is 0 Å². The van der Waals surface area contributed by atoms with E-state index >= 15 is 0 Å². The Balaban J connectivity index is 2.35. The van der Waals surface area contributed by atoms with Gasteiger partial charge in [-0.1, -0.05) is 37.3 Å². The van der Waals surface area contributed by atoms with Gasteiger partial charge in [-0.3, -0.25) is 4.79 Å². The number of carbonyl (C=O) groups is 1. The van der Waals surface area contributed by atoms with Gasteiger partial charge in [-0.25, -0.2) is 0 Å². The first kappa shape index (κ1) is 14.0. The van der Waals surface area contributed by atoms with Gasteiger partial charge in [-0.05, 0) is 12.6 Å². The smallest absolute Gasteiger partial charge is 0.306 e. The Labute approximate surface area is 114 Å². The molecule has 1 heterocycles. The molecular weight excluding hydrogens is 242 g/mol. The summed E-state index contributed by atoms with van der Waals surface area (Å²) in [6.07, 6.45) is 0.224. The van der Waals surface area contributed by atoms with Crippen LogP contribution in [0.25, 0.3) is 0 Å². The molecule has 104 valence electrons. The van der Waals surface area contributed by atoms with E-state index in [-0.39, 0.29) is 5.97 Å². The summed E-state index contributed by atoms with van der Waals surface area (Å²) in [7, 11) is 1.96. The molecule has 1 N–H and O–H groups in total. The van der Waals surface area contributed by atoms with Gasteiger partial charge < -0.3 is 14.7 Å². The third-order valence-electron chi connectivity index (χ3n) is 3.73. The number of ether oxygens (including phenoxy) is 1. The van der Waals surface area contributed by atoms with Gasteiger partial charge >= 0.3 is 5.97 Å². The third kappa shape index (κ3) is 2.80. The highest BCUT2D eigenvalue weighted by molar-refractivity contribution is 5.69. The number of hydrogen-bond donors (Lipinski definition) is 1. The number of benzene rings is 1. The van der Waals surface area contributed by atoms with Crippen LogP contribution in [0, 0.1) is 0 Å². The Kier molecular flexibility index (Phi) is 4.22. The number of piperidine rings is 1. The lowest BCUT2D eigenvalue weighted by Gasteiger charge is -2.44. The molecule has 2 atom stereocenters. The quantitative estimate of drug-likeness (QED) is 0.840. The molecule has 4 nitrogen and oxygen atoms in total. The van der Waals surface area contributed by atoms with Crippen molar-refractivity contribution in [3.8, 4) is 0 Å². The molecule has 19 heavy (non-hydrogen) atoms. The Hall–Kier alpha value is -1.39. The number of likely N-dealkylation sites (N-methyl/N-ethyl adjacent to an activating group) is 1. The standard InChI is InChI=1S/C15H21NO3/c1-3-14(18)19-15(12-7-5-4-6-8-12)9-10-16(2)11-13(15)17/h4-8,13,17H,3,9-11H2,1-2H3. The number of nitrogens with zero attached hydrogens (tertiary/aromatic N) is 1. The highest BCUT2D eigenvalue weighted by Gasteiger charge is 2.46. The molecule has 1 aliphatic rings. The van der Waals surface area contributed by atoms with Crippen molar-refractivity contribution < 1.29 is 14.6 Å². The fraction of sp³-hybridized carbons (Fsp3) is 0.533. The molecule has 1 aromatic rings. The molecule has 1 aromatic carbocycles. The van der Waals surface area contributed by atoms with Crippen LogP contribution in [-0.2, 0) is 15.1 Å². The molecule has 4 heteroatoms. The fourth-order valence-corrected chi connectivity index (χ4v) is 2.57. The summed E-state index contributed by atoms with van der Waals surface area (Å²) >= 11 is 0. The summed E-state index contributed by atoms with van der Waals surface area (Å²) in [6, 6.07) is 9.55. The van der Waals surface area contributed by atoms with Crippen LogP contribution in [0.15, 0.2) is 30.3 Å². The lowest BCUT2D eigenvalue weighted by Crippen LogP contribution is -2.54. The average Bonchev–Trinajstić information content (AvgIpc) is 2.43. The van der Waals surface area contributed by atoms with Crippen molar-refractivity contribution in [1.29, 1.82) is 0 Å². The van der Waals surface area contributed by atoms with E-state index in [2.05, 4.69) is 0 Å². The Morgan fingerprint density at radius 2 is 2.16 bits per heavy atom. The second-order valence-electron chi connectivity index (χ2n) is 5.11. The number of esters is 1. The van der Waals surface area contributed by atoms with Gasteiger partial charge in [0.1, 0.15) is 6.10 Å². The molecule has 1 fully saturated rings. The first-order valence-corrected chi connectivity index (χ1v) is 6.72. The molecule has 0 aliphatic carbocycles. The van der Waals surface area contributed by atoms with Crippen LogP contribution in [0.1, 0.15) is 25.3 Å². The summed E-state index contributed by atoms with van der Waals surface area (Å²) in [6.45, 7) is 3.07. The lowest BCUT2D eigenvalue weighted by molar-refractivity contribution is -0.186. The Morgan fingerprint density at radius 3 is 2.74 bits per heavy atom. The summed E-state index contributed by atoms with van der Waals surface area (Å²) < 4.78 is 5.66. The Morgan fingerprint density at radius 1 is 1.47 bits per heavy atom. The van der Waals surface area contributed by atoms with E-state index in [4.69, 9.17) is 4.74 Å². The second-order valence-corrected chi connectivity index (χ2v) is 5.11. The highest BCUT2D eigenvalue weighted by atomic mass is 16.6. The predicted octanol–water partition coefficient (Wildman–Crippen LogP) is 1.53. The molecule has 1 saturated heterocycles. The minimum absolute atomic E-state index is 0.271. The van der Waals surface area contributed by atoms with Crippen molar-refractivity contribution in [2.75, 3.05) is 20.1 Å². The molecule has 0 saturated carbocycles.